The summed E-state index contributed by atoms with van der Waals surface area (Å²) in [7, 11) is 5.84. The van der Waals surface area contributed by atoms with Crippen LogP contribution in [-0.2, 0) is 6.54 Å². The third-order valence-electron chi connectivity index (χ3n) is 9.01. The number of ether oxygens (including phenoxy) is 1. The lowest BCUT2D eigenvalue weighted by molar-refractivity contribution is 0.0982. The number of rotatable bonds is 10. The molecule has 3 N–H and O–H groups in total. The quantitative estimate of drug-likeness (QED) is 0.231. The van der Waals surface area contributed by atoms with Gasteiger partial charge in [0, 0.05) is 99.0 Å². The molecule has 0 aliphatic carbocycles. The van der Waals surface area contributed by atoms with Crippen LogP contribution in [-0.4, -0.2) is 96.3 Å². The van der Waals surface area contributed by atoms with Gasteiger partial charge >= 0.3 is 0 Å². The van der Waals surface area contributed by atoms with Gasteiger partial charge in [-0.15, -0.1) is 0 Å². The number of aryl methyl sites for hydroxylation is 1. The average molecular weight is 609 g/mol. The fraction of sp³-hybridized carbons (Fsp3) is 0.412. The Bertz CT molecular complexity index is 1640. The number of methoxy groups -OCH3 is 1. The number of piperazine rings is 1. The second kappa shape index (κ2) is 13.8. The number of likely N-dealkylation sites (N-methyl/N-ethyl adjacent to an activating group) is 1. The van der Waals surface area contributed by atoms with Crippen LogP contribution in [0, 0.1) is 6.92 Å². The molecule has 4 aromatic rings. The molecule has 0 spiro atoms. The van der Waals surface area contributed by atoms with Gasteiger partial charge in [0.1, 0.15) is 11.6 Å². The van der Waals surface area contributed by atoms with Crippen molar-refractivity contribution in [1.29, 1.82) is 0 Å². The van der Waals surface area contributed by atoms with E-state index in [-0.39, 0.29) is 0 Å². The largest absolute Gasteiger partial charge is 0.494 e. The van der Waals surface area contributed by atoms with E-state index in [9.17, 15) is 0 Å². The summed E-state index contributed by atoms with van der Waals surface area (Å²) in [6.45, 7) is 13.5. The van der Waals surface area contributed by atoms with E-state index in [0.29, 0.717) is 24.4 Å². The first-order valence-electron chi connectivity index (χ1n) is 15.7. The molecule has 0 amide bonds. The number of hydrogen-bond donors (Lipinski definition) is 3. The highest BCUT2D eigenvalue weighted by Crippen LogP contribution is 2.36. The van der Waals surface area contributed by atoms with Crippen molar-refractivity contribution < 1.29 is 4.74 Å². The van der Waals surface area contributed by atoms with Crippen LogP contribution in [0.1, 0.15) is 29.5 Å². The molecule has 0 bridgehead atoms. The molecule has 236 valence electrons. The fourth-order valence-corrected chi connectivity index (χ4v) is 6.46. The molecule has 2 aromatic carbocycles. The van der Waals surface area contributed by atoms with Crippen molar-refractivity contribution in [2.24, 2.45) is 0 Å². The van der Waals surface area contributed by atoms with Gasteiger partial charge < -0.3 is 30.5 Å². The molecular formula is C34H44N10O. The summed E-state index contributed by atoms with van der Waals surface area (Å²) in [5.74, 6) is 1.85. The molecule has 0 unspecified atom stereocenters. The molecule has 2 aromatic heterocycles. The van der Waals surface area contributed by atoms with Crippen LogP contribution < -0.4 is 25.6 Å². The number of benzene rings is 2. The van der Waals surface area contributed by atoms with Gasteiger partial charge in [0.2, 0.25) is 5.95 Å². The van der Waals surface area contributed by atoms with E-state index in [1.54, 1.807) is 31.8 Å². The molecule has 0 saturated carbocycles. The van der Waals surface area contributed by atoms with E-state index in [2.05, 4.69) is 78.3 Å². The Labute approximate surface area is 265 Å². The van der Waals surface area contributed by atoms with Crippen molar-refractivity contribution in [3.8, 4) is 5.75 Å². The van der Waals surface area contributed by atoms with E-state index in [1.807, 2.05) is 19.2 Å². The molecule has 0 atom stereocenters. The number of hydrogen-bond acceptors (Lipinski definition) is 11. The Balaban J connectivity index is 1.20. The average Bonchev–Trinajstić information content (AvgIpc) is 3.07. The van der Waals surface area contributed by atoms with Gasteiger partial charge in [-0.25, -0.2) is 4.98 Å². The molecule has 2 fully saturated rings. The van der Waals surface area contributed by atoms with Gasteiger partial charge in [0.25, 0.3) is 0 Å². The van der Waals surface area contributed by atoms with Crippen molar-refractivity contribution in [2.75, 3.05) is 76.0 Å². The van der Waals surface area contributed by atoms with Crippen LogP contribution in [0.5, 0.6) is 5.75 Å². The highest BCUT2D eigenvalue weighted by molar-refractivity contribution is 5.85. The highest BCUT2D eigenvalue weighted by Gasteiger charge is 2.28. The van der Waals surface area contributed by atoms with Crippen LogP contribution in [0.4, 0.5) is 28.8 Å². The lowest BCUT2D eigenvalue weighted by atomic mass is 10.0. The Hall–Kier alpha value is -4.32. The molecule has 2 aliphatic rings. The molecule has 6 rings (SSSR count). The van der Waals surface area contributed by atoms with Crippen LogP contribution in [0.2, 0.25) is 0 Å². The van der Waals surface area contributed by atoms with Gasteiger partial charge in [-0.2, -0.15) is 4.98 Å². The number of fused-ring (bicyclic) bond motifs is 1. The Morgan fingerprint density at radius 3 is 2.49 bits per heavy atom. The predicted octanol–water partition coefficient (Wildman–Crippen LogP) is 4.80. The molecule has 45 heavy (non-hydrogen) atoms. The monoisotopic (exact) mass is 608 g/mol. The second-order valence-corrected chi connectivity index (χ2v) is 11.9. The van der Waals surface area contributed by atoms with E-state index < -0.39 is 0 Å². The van der Waals surface area contributed by atoms with Gasteiger partial charge in [-0.3, -0.25) is 14.9 Å². The minimum atomic E-state index is 0.456. The summed E-state index contributed by atoms with van der Waals surface area (Å²) in [5.41, 5.74) is 7.59. The van der Waals surface area contributed by atoms with Gasteiger partial charge in [0.15, 0.2) is 0 Å². The first-order chi connectivity index (χ1) is 22.0. The summed E-state index contributed by atoms with van der Waals surface area (Å²) < 4.78 is 5.88. The number of nitrogens with one attached hydrogen (secondary N) is 3. The Morgan fingerprint density at radius 2 is 1.76 bits per heavy atom. The molecule has 0 radical (unpaired) electrons. The zero-order valence-corrected chi connectivity index (χ0v) is 26.8. The summed E-state index contributed by atoms with van der Waals surface area (Å²) in [6, 6.07) is 8.91. The SMILES string of the molecule is C=Cc1cnc(Nc2cc(C)c(N3CCC(N4CCN(C)CC4)CC3)cc2OC)nc1Nc1ccc2nccnc2c1CNC. The topological polar surface area (TPSA) is 107 Å². The third-order valence-corrected chi connectivity index (χ3v) is 9.01. The maximum absolute atomic E-state index is 5.88. The molecule has 11 heteroatoms. The van der Waals surface area contributed by atoms with Crippen molar-refractivity contribution in [3.63, 3.8) is 0 Å². The lowest BCUT2D eigenvalue weighted by Crippen LogP contribution is -2.52. The highest BCUT2D eigenvalue weighted by atomic mass is 16.5. The number of anilines is 5. The summed E-state index contributed by atoms with van der Waals surface area (Å²) in [5, 5.41) is 10.2. The molecule has 2 aliphatic heterocycles. The second-order valence-electron chi connectivity index (χ2n) is 11.9. The first-order valence-corrected chi connectivity index (χ1v) is 15.7. The molecule has 2 saturated heterocycles. The normalized spacial score (nSPS) is 16.6. The minimum absolute atomic E-state index is 0.456. The van der Waals surface area contributed by atoms with Gasteiger partial charge in [-0.05, 0) is 57.6 Å². The van der Waals surface area contributed by atoms with E-state index in [1.165, 1.54) is 50.3 Å². The van der Waals surface area contributed by atoms with Crippen LogP contribution in [0.3, 0.4) is 0 Å². The number of nitrogens with zero attached hydrogens (tertiary/aromatic N) is 7. The number of aromatic nitrogens is 4. The summed E-state index contributed by atoms with van der Waals surface area (Å²) in [6.07, 6.45) is 9.30. The zero-order valence-electron chi connectivity index (χ0n) is 26.8. The smallest absolute Gasteiger partial charge is 0.229 e. The van der Waals surface area contributed by atoms with Crippen molar-refractivity contribution in [1.82, 2.24) is 35.1 Å². The first kappa shape index (κ1) is 30.7. The molecule has 11 nitrogen and oxygen atoms in total. The Kier molecular flexibility index (Phi) is 9.39. The molecule has 4 heterocycles. The standard InChI is InChI=1S/C34H44N10O/c1-6-24-21-38-34(41-33(24)39-27-7-8-28-32(26(27)22-35-3)37-12-11-36-28)40-29-19-23(2)30(20-31(29)45-5)44-13-9-25(10-14-44)43-17-15-42(4)16-18-43/h6-8,11-12,19-21,25,35H,1,9-10,13-18,22H2,2-5H3,(H2,38,39,40,41). The van der Waals surface area contributed by atoms with E-state index >= 15 is 0 Å². The maximum Gasteiger partial charge on any atom is 0.229 e. The van der Waals surface area contributed by atoms with Gasteiger partial charge in [-0.1, -0.05) is 12.7 Å². The van der Waals surface area contributed by atoms with Crippen LogP contribution in [0.15, 0.2) is 49.4 Å². The van der Waals surface area contributed by atoms with E-state index in [4.69, 9.17) is 9.72 Å². The summed E-state index contributed by atoms with van der Waals surface area (Å²) >= 11 is 0. The maximum atomic E-state index is 5.88. The van der Waals surface area contributed by atoms with E-state index in [0.717, 1.165) is 52.4 Å². The summed E-state index contributed by atoms with van der Waals surface area (Å²) in [4.78, 5) is 26.1. The molecular weight excluding hydrogens is 564 g/mol. The van der Waals surface area contributed by atoms with Gasteiger partial charge in [0.05, 0.1) is 23.8 Å². The Morgan fingerprint density at radius 1 is 0.978 bits per heavy atom. The van der Waals surface area contributed by atoms with Crippen LogP contribution in [0.25, 0.3) is 17.1 Å². The third kappa shape index (κ3) is 6.70. The van der Waals surface area contributed by atoms with Crippen molar-refractivity contribution in [2.45, 2.75) is 32.4 Å². The van der Waals surface area contributed by atoms with Crippen LogP contribution >= 0.6 is 0 Å². The lowest BCUT2D eigenvalue weighted by Gasteiger charge is -2.43. The zero-order chi connectivity index (χ0) is 31.3. The predicted molar refractivity (Wildman–Crippen MR) is 183 cm³/mol. The van der Waals surface area contributed by atoms with Crippen molar-refractivity contribution >= 4 is 45.9 Å². The minimum Gasteiger partial charge on any atom is -0.494 e. The van der Waals surface area contributed by atoms with Crippen molar-refractivity contribution in [3.05, 3.63) is 66.1 Å². The fourth-order valence-electron chi connectivity index (χ4n) is 6.46. The number of piperidine rings is 1.